The van der Waals surface area contributed by atoms with Crippen molar-refractivity contribution >= 4 is 11.9 Å². The Morgan fingerprint density at radius 3 is 2.91 bits per heavy atom. The summed E-state index contributed by atoms with van der Waals surface area (Å²) < 4.78 is 0. The number of hydrogen-bond donors (Lipinski definition) is 2. The summed E-state index contributed by atoms with van der Waals surface area (Å²) >= 11 is 0. The van der Waals surface area contributed by atoms with E-state index < -0.39 is 0 Å². The molecular weight excluding hydrogens is 276 g/mol. The molecule has 2 rings (SSSR count). The Bertz CT molecular complexity index is 501. The van der Waals surface area contributed by atoms with Crippen LogP contribution in [-0.2, 0) is 11.2 Å². The third-order valence-corrected chi connectivity index (χ3v) is 3.88. The van der Waals surface area contributed by atoms with Crippen LogP contribution in [-0.4, -0.2) is 42.9 Å². The summed E-state index contributed by atoms with van der Waals surface area (Å²) in [5.74, 6) is 0.999. The minimum absolute atomic E-state index is 0.233. The Morgan fingerprint density at radius 1 is 1.41 bits per heavy atom. The maximum Gasteiger partial charge on any atom is 0.223 e. The van der Waals surface area contributed by atoms with Crippen molar-refractivity contribution in [3.63, 3.8) is 0 Å². The highest BCUT2D eigenvalue weighted by atomic mass is 16.2. The first-order chi connectivity index (χ1) is 10.7. The van der Waals surface area contributed by atoms with Crippen LogP contribution in [0.1, 0.15) is 25.3 Å². The quantitative estimate of drug-likeness (QED) is 0.591. The van der Waals surface area contributed by atoms with Gasteiger partial charge >= 0.3 is 0 Å². The number of nitrogens with zero attached hydrogens (tertiary/aromatic N) is 2. The van der Waals surface area contributed by atoms with Gasteiger partial charge in [-0.1, -0.05) is 37.3 Å². The van der Waals surface area contributed by atoms with Gasteiger partial charge in [-0.05, 0) is 18.4 Å². The number of benzene rings is 1. The van der Waals surface area contributed by atoms with Crippen LogP contribution in [0.4, 0.5) is 0 Å². The lowest BCUT2D eigenvalue weighted by atomic mass is 10.1. The lowest BCUT2D eigenvalue weighted by Crippen LogP contribution is -2.33. The molecule has 3 N–H and O–H groups in total. The zero-order chi connectivity index (χ0) is 15.8. The van der Waals surface area contributed by atoms with Crippen LogP contribution in [0, 0.1) is 5.92 Å². The molecule has 0 aromatic heterocycles. The van der Waals surface area contributed by atoms with Gasteiger partial charge in [-0.15, -0.1) is 0 Å². The molecule has 22 heavy (non-hydrogen) atoms. The molecule has 1 aliphatic heterocycles. The summed E-state index contributed by atoms with van der Waals surface area (Å²) in [6, 6.07) is 10.3. The zero-order valence-corrected chi connectivity index (χ0v) is 13.3. The average Bonchev–Trinajstić information content (AvgIpc) is 2.90. The van der Waals surface area contributed by atoms with Crippen LogP contribution in [0.3, 0.4) is 0 Å². The van der Waals surface area contributed by atoms with E-state index in [1.165, 1.54) is 5.56 Å². The number of hydrogen-bond acceptors (Lipinski definition) is 2. The maximum absolute atomic E-state index is 12.1. The Labute approximate surface area is 132 Å². The molecule has 0 bridgehead atoms. The van der Waals surface area contributed by atoms with Crippen LogP contribution in [0.2, 0.25) is 0 Å². The van der Waals surface area contributed by atoms with E-state index in [0.717, 1.165) is 32.5 Å². The molecule has 1 unspecified atom stereocenters. The number of carbonyl (C=O) groups excluding carboxylic acids is 1. The van der Waals surface area contributed by atoms with Crippen LogP contribution >= 0.6 is 0 Å². The van der Waals surface area contributed by atoms with E-state index in [1.807, 2.05) is 23.1 Å². The first-order valence-corrected chi connectivity index (χ1v) is 8.04. The predicted octanol–water partition coefficient (Wildman–Crippen LogP) is 1.39. The van der Waals surface area contributed by atoms with E-state index in [4.69, 9.17) is 5.73 Å². The number of guanidine groups is 1. The molecule has 120 valence electrons. The molecule has 1 amide bonds. The van der Waals surface area contributed by atoms with Crippen molar-refractivity contribution in [2.75, 3.05) is 26.2 Å². The fourth-order valence-corrected chi connectivity index (χ4v) is 2.64. The van der Waals surface area contributed by atoms with E-state index in [2.05, 4.69) is 29.4 Å². The lowest BCUT2D eigenvalue weighted by molar-refractivity contribution is -0.127. The molecule has 5 heteroatoms. The molecular formula is C17H26N4O. The SMILES string of the molecule is CCCNC(N)=NCC1CC(=O)N(CCc2ccccc2)C1. The normalized spacial score (nSPS) is 18.8. The topological polar surface area (TPSA) is 70.7 Å². The molecule has 5 nitrogen and oxygen atoms in total. The summed E-state index contributed by atoms with van der Waals surface area (Å²) in [6.45, 7) is 5.11. The fourth-order valence-electron chi connectivity index (χ4n) is 2.64. The summed E-state index contributed by atoms with van der Waals surface area (Å²) in [5, 5.41) is 3.05. The smallest absolute Gasteiger partial charge is 0.223 e. The molecule has 0 aliphatic carbocycles. The Morgan fingerprint density at radius 2 is 2.18 bits per heavy atom. The van der Waals surface area contributed by atoms with E-state index in [0.29, 0.717) is 18.9 Å². The second kappa shape index (κ2) is 8.41. The maximum atomic E-state index is 12.1. The van der Waals surface area contributed by atoms with E-state index >= 15 is 0 Å². The van der Waals surface area contributed by atoms with Gasteiger partial charge in [0.05, 0.1) is 0 Å². The molecule has 1 aromatic carbocycles. The first kappa shape index (κ1) is 16.3. The monoisotopic (exact) mass is 302 g/mol. The summed E-state index contributed by atoms with van der Waals surface area (Å²) in [6.07, 6.45) is 2.51. The van der Waals surface area contributed by atoms with Crippen molar-refractivity contribution in [3.05, 3.63) is 35.9 Å². The van der Waals surface area contributed by atoms with Gasteiger partial charge in [0.1, 0.15) is 0 Å². The predicted molar refractivity (Wildman–Crippen MR) is 89.6 cm³/mol. The minimum atomic E-state index is 0.233. The van der Waals surface area contributed by atoms with Gasteiger partial charge in [0, 0.05) is 38.5 Å². The van der Waals surface area contributed by atoms with E-state index in [1.54, 1.807) is 0 Å². The Kier molecular flexibility index (Phi) is 6.25. The molecule has 1 fully saturated rings. The van der Waals surface area contributed by atoms with Gasteiger partial charge in [0.15, 0.2) is 5.96 Å². The largest absolute Gasteiger partial charge is 0.370 e. The third-order valence-electron chi connectivity index (χ3n) is 3.88. The highest BCUT2D eigenvalue weighted by Gasteiger charge is 2.28. The number of carbonyl (C=O) groups is 1. The van der Waals surface area contributed by atoms with Gasteiger partial charge in [0.2, 0.25) is 5.91 Å². The van der Waals surface area contributed by atoms with Crippen LogP contribution in [0.25, 0.3) is 0 Å². The van der Waals surface area contributed by atoms with Gasteiger partial charge in [-0.2, -0.15) is 0 Å². The number of nitrogens with one attached hydrogen (secondary N) is 1. The van der Waals surface area contributed by atoms with Crippen LogP contribution in [0.5, 0.6) is 0 Å². The molecule has 0 radical (unpaired) electrons. The second-order valence-electron chi connectivity index (χ2n) is 5.80. The number of nitrogens with two attached hydrogens (primary N) is 1. The molecule has 0 saturated carbocycles. The Balaban J connectivity index is 1.76. The van der Waals surface area contributed by atoms with E-state index in [9.17, 15) is 4.79 Å². The number of amides is 1. The molecule has 0 spiro atoms. The number of aliphatic imine (C=N–C) groups is 1. The second-order valence-corrected chi connectivity index (χ2v) is 5.80. The average molecular weight is 302 g/mol. The van der Waals surface area contributed by atoms with Crippen molar-refractivity contribution in [3.8, 4) is 0 Å². The summed E-state index contributed by atoms with van der Waals surface area (Å²) in [5.41, 5.74) is 7.05. The summed E-state index contributed by atoms with van der Waals surface area (Å²) in [4.78, 5) is 18.3. The molecule has 1 aromatic rings. The number of rotatable bonds is 7. The molecule has 1 aliphatic rings. The van der Waals surface area contributed by atoms with Crippen molar-refractivity contribution in [1.29, 1.82) is 0 Å². The van der Waals surface area contributed by atoms with Crippen LogP contribution in [0.15, 0.2) is 35.3 Å². The van der Waals surface area contributed by atoms with Crippen molar-refractivity contribution in [2.45, 2.75) is 26.2 Å². The third kappa shape index (κ3) is 5.06. The van der Waals surface area contributed by atoms with Crippen molar-refractivity contribution in [1.82, 2.24) is 10.2 Å². The Hall–Kier alpha value is -2.04. The van der Waals surface area contributed by atoms with Crippen molar-refractivity contribution < 1.29 is 4.79 Å². The molecule has 1 heterocycles. The lowest BCUT2D eigenvalue weighted by Gasteiger charge is -2.16. The van der Waals surface area contributed by atoms with Gasteiger partial charge in [-0.25, -0.2) is 0 Å². The van der Waals surface area contributed by atoms with E-state index in [-0.39, 0.29) is 11.8 Å². The highest BCUT2D eigenvalue weighted by molar-refractivity contribution is 5.79. The zero-order valence-electron chi connectivity index (χ0n) is 13.3. The molecule has 1 saturated heterocycles. The fraction of sp³-hybridized carbons (Fsp3) is 0.529. The highest BCUT2D eigenvalue weighted by Crippen LogP contribution is 2.18. The van der Waals surface area contributed by atoms with Gasteiger partial charge < -0.3 is 16.0 Å². The van der Waals surface area contributed by atoms with Crippen LogP contribution < -0.4 is 11.1 Å². The standard InChI is InChI=1S/C17H26N4O/c1-2-9-19-17(18)20-12-15-11-16(22)21(13-15)10-8-14-6-4-3-5-7-14/h3-7,15H,2,8-13H2,1H3,(H3,18,19,20). The van der Waals surface area contributed by atoms with Gasteiger partial charge in [0.25, 0.3) is 0 Å². The molecule has 1 atom stereocenters. The summed E-state index contributed by atoms with van der Waals surface area (Å²) in [7, 11) is 0. The number of likely N-dealkylation sites (tertiary alicyclic amines) is 1. The first-order valence-electron chi connectivity index (χ1n) is 8.04. The van der Waals surface area contributed by atoms with Crippen molar-refractivity contribution in [2.24, 2.45) is 16.6 Å². The minimum Gasteiger partial charge on any atom is -0.370 e. The van der Waals surface area contributed by atoms with Gasteiger partial charge in [-0.3, -0.25) is 9.79 Å².